The van der Waals surface area contributed by atoms with Crippen molar-refractivity contribution in [1.82, 2.24) is 24.6 Å². The fourth-order valence-corrected chi connectivity index (χ4v) is 3.08. The lowest BCUT2D eigenvalue weighted by atomic mass is 10.0. The Hall–Kier alpha value is -2.15. The standard InChI is InChI=1S/C16H24N6O/c1-20-12-18-11-14(20)10-17-9-13-5-3-4-8-22(13)15-6-7-16(23)21(2)19-15/h6-7,11-13,17H,3-5,8-10H2,1-2H3. The highest BCUT2D eigenvalue weighted by Crippen LogP contribution is 2.21. The smallest absolute Gasteiger partial charge is 0.266 e. The molecule has 1 aliphatic rings. The van der Waals surface area contributed by atoms with E-state index in [2.05, 4.69) is 20.3 Å². The first-order valence-electron chi connectivity index (χ1n) is 8.12. The van der Waals surface area contributed by atoms with Crippen molar-refractivity contribution in [2.75, 3.05) is 18.0 Å². The first kappa shape index (κ1) is 15.7. The third kappa shape index (κ3) is 3.61. The molecule has 2 aromatic rings. The maximum Gasteiger partial charge on any atom is 0.266 e. The molecule has 3 rings (SSSR count). The number of nitrogens with one attached hydrogen (secondary N) is 1. The molecule has 1 N–H and O–H groups in total. The van der Waals surface area contributed by atoms with Gasteiger partial charge in [-0.2, -0.15) is 5.10 Å². The van der Waals surface area contributed by atoms with Crippen LogP contribution in [-0.4, -0.2) is 38.5 Å². The van der Waals surface area contributed by atoms with E-state index >= 15 is 0 Å². The number of imidazole rings is 1. The number of rotatable bonds is 5. The van der Waals surface area contributed by atoms with Gasteiger partial charge < -0.3 is 14.8 Å². The molecule has 7 heteroatoms. The molecule has 1 aliphatic heterocycles. The van der Waals surface area contributed by atoms with Crippen molar-refractivity contribution >= 4 is 5.82 Å². The molecule has 1 saturated heterocycles. The Kier molecular flexibility index (Phi) is 4.76. The molecule has 2 aromatic heterocycles. The highest BCUT2D eigenvalue weighted by molar-refractivity contribution is 5.38. The van der Waals surface area contributed by atoms with Crippen LogP contribution in [-0.2, 0) is 20.6 Å². The fourth-order valence-electron chi connectivity index (χ4n) is 3.08. The zero-order valence-corrected chi connectivity index (χ0v) is 13.8. The zero-order chi connectivity index (χ0) is 16.2. The number of nitrogens with zero attached hydrogens (tertiary/aromatic N) is 5. The highest BCUT2D eigenvalue weighted by atomic mass is 16.1. The van der Waals surface area contributed by atoms with Gasteiger partial charge in [-0.1, -0.05) is 0 Å². The summed E-state index contributed by atoms with van der Waals surface area (Å²) < 4.78 is 3.43. The summed E-state index contributed by atoms with van der Waals surface area (Å²) >= 11 is 0. The van der Waals surface area contributed by atoms with E-state index in [1.807, 2.05) is 30.2 Å². The van der Waals surface area contributed by atoms with Crippen LogP contribution in [0.1, 0.15) is 25.0 Å². The van der Waals surface area contributed by atoms with Crippen LogP contribution in [0.5, 0.6) is 0 Å². The minimum absolute atomic E-state index is 0.0726. The van der Waals surface area contributed by atoms with Crippen LogP contribution >= 0.6 is 0 Å². The zero-order valence-electron chi connectivity index (χ0n) is 13.8. The van der Waals surface area contributed by atoms with Gasteiger partial charge in [-0.15, -0.1) is 0 Å². The molecule has 0 amide bonds. The van der Waals surface area contributed by atoms with Gasteiger partial charge in [-0.05, 0) is 25.3 Å². The highest BCUT2D eigenvalue weighted by Gasteiger charge is 2.23. The maximum absolute atomic E-state index is 11.5. The third-order valence-corrected chi connectivity index (χ3v) is 4.47. The molecule has 1 fully saturated rings. The second-order valence-electron chi connectivity index (χ2n) is 6.12. The van der Waals surface area contributed by atoms with E-state index < -0.39 is 0 Å². The minimum Gasteiger partial charge on any atom is -0.351 e. The SMILES string of the molecule is Cn1cncc1CNCC1CCCCN1c1ccc(=O)n(C)n1. The lowest BCUT2D eigenvalue weighted by Gasteiger charge is -2.36. The molecule has 0 saturated carbocycles. The predicted molar refractivity (Wildman–Crippen MR) is 89.4 cm³/mol. The molecule has 0 spiro atoms. The summed E-state index contributed by atoms with van der Waals surface area (Å²) in [6.45, 7) is 2.69. The number of hydrogen-bond donors (Lipinski definition) is 1. The van der Waals surface area contributed by atoms with Gasteiger partial charge in [0, 0.05) is 52.0 Å². The van der Waals surface area contributed by atoms with Gasteiger partial charge in [-0.3, -0.25) is 4.79 Å². The van der Waals surface area contributed by atoms with Crippen molar-refractivity contribution in [1.29, 1.82) is 0 Å². The fraction of sp³-hybridized carbons (Fsp3) is 0.562. The maximum atomic E-state index is 11.5. The van der Waals surface area contributed by atoms with Gasteiger partial charge in [0.1, 0.15) is 5.82 Å². The first-order valence-corrected chi connectivity index (χ1v) is 8.12. The van der Waals surface area contributed by atoms with Gasteiger partial charge >= 0.3 is 0 Å². The van der Waals surface area contributed by atoms with E-state index in [0.29, 0.717) is 6.04 Å². The number of anilines is 1. The van der Waals surface area contributed by atoms with E-state index in [4.69, 9.17) is 0 Å². The first-order chi connectivity index (χ1) is 11.1. The number of piperidine rings is 1. The van der Waals surface area contributed by atoms with Crippen molar-refractivity contribution < 1.29 is 0 Å². The lowest BCUT2D eigenvalue weighted by molar-refractivity contribution is 0.427. The molecular weight excluding hydrogens is 292 g/mol. The molecule has 3 heterocycles. The molecule has 124 valence electrons. The number of aromatic nitrogens is 4. The van der Waals surface area contributed by atoms with Crippen molar-refractivity contribution in [2.45, 2.75) is 31.8 Å². The molecule has 0 radical (unpaired) electrons. The van der Waals surface area contributed by atoms with Crippen LogP contribution in [0, 0.1) is 0 Å². The Morgan fingerprint density at radius 2 is 2.17 bits per heavy atom. The molecule has 1 atom stereocenters. The van der Waals surface area contributed by atoms with E-state index in [-0.39, 0.29) is 5.56 Å². The molecular formula is C16H24N6O. The normalized spacial score (nSPS) is 18.3. The topological polar surface area (TPSA) is 68.0 Å². The molecule has 1 unspecified atom stereocenters. The van der Waals surface area contributed by atoms with Gasteiger partial charge in [-0.25, -0.2) is 9.67 Å². The largest absolute Gasteiger partial charge is 0.351 e. The average molecular weight is 316 g/mol. The number of aryl methyl sites for hydroxylation is 2. The van der Waals surface area contributed by atoms with E-state index in [1.54, 1.807) is 13.1 Å². The van der Waals surface area contributed by atoms with Crippen molar-refractivity contribution in [2.24, 2.45) is 14.1 Å². The molecule has 0 aliphatic carbocycles. The summed E-state index contributed by atoms with van der Waals surface area (Å²) in [6, 6.07) is 3.83. The summed E-state index contributed by atoms with van der Waals surface area (Å²) in [4.78, 5) is 18.0. The lowest BCUT2D eigenvalue weighted by Crippen LogP contribution is -2.46. The third-order valence-electron chi connectivity index (χ3n) is 4.47. The van der Waals surface area contributed by atoms with Gasteiger partial charge in [0.05, 0.1) is 12.0 Å². The van der Waals surface area contributed by atoms with E-state index in [0.717, 1.165) is 31.9 Å². The Morgan fingerprint density at radius 1 is 1.30 bits per heavy atom. The van der Waals surface area contributed by atoms with Crippen molar-refractivity contribution in [3.8, 4) is 0 Å². The van der Waals surface area contributed by atoms with Crippen molar-refractivity contribution in [3.63, 3.8) is 0 Å². The Labute approximate surface area is 135 Å². The van der Waals surface area contributed by atoms with Crippen LogP contribution in [0.15, 0.2) is 29.5 Å². The Morgan fingerprint density at radius 3 is 2.91 bits per heavy atom. The summed E-state index contributed by atoms with van der Waals surface area (Å²) in [5.74, 6) is 0.888. The second-order valence-corrected chi connectivity index (χ2v) is 6.12. The average Bonchev–Trinajstić information content (AvgIpc) is 2.96. The van der Waals surface area contributed by atoms with Crippen LogP contribution in [0.2, 0.25) is 0 Å². The van der Waals surface area contributed by atoms with Gasteiger partial charge in [0.15, 0.2) is 0 Å². The van der Waals surface area contributed by atoms with Gasteiger partial charge in [0.2, 0.25) is 0 Å². The summed E-state index contributed by atoms with van der Waals surface area (Å²) in [5.41, 5.74) is 1.10. The summed E-state index contributed by atoms with van der Waals surface area (Å²) in [7, 11) is 3.71. The number of hydrogen-bond acceptors (Lipinski definition) is 5. The minimum atomic E-state index is -0.0726. The van der Waals surface area contributed by atoms with Crippen LogP contribution in [0.3, 0.4) is 0 Å². The second kappa shape index (κ2) is 6.95. The molecule has 7 nitrogen and oxygen atoms in total. The Balaban J connectivity index is 1.65. The van der Waals surface area contributed by atoms with E-state index in [1.165, 1.54) is 23.2 Å². The van der Waals surface area contributed by atoms with Crippen LogP contribution in [0.25, 0.3) is 0 Å². The quantitative estimate of drug-likeness (QED) is 0.878. The monoisotopic (exact) mass is 316 g/mol. The molecule has 23 heavy (non-hydrogen) atoms. The summed E-state index contributed by atoms with van der Waals surface area (Å²) in [5, 5.41) is 7.93. The molecule has 0 aromatic carbocycles. The van der Waals surface area contributed by atoms with Crippen LogP contribution in [0.4, 0.5) is 5.82 Å². The molecule has 0 bridgehead atoms. The summed E-state index contributed by atoms with van der Waals surface area (Å²) in [6.07, 6.45) is 7.25. The van der Waals surface area contributed by atoms with Crippen molar-refractivity contribution in [3.05, 3.63) is 40.7 Å². The van der Waals surface area contributed by atoms with Gasteiger partial charge in [0.25, 0.3) is 5.56 Å². The van der Waals surface area contributed by atoms with E-state index in [9.17, 15) is 4.79 Å². The Bertz CT molecular complexity index is 707. The predicted octanol–water partition coefficient (Wildman–Crippen LogP) is 0.663. The van der Waals surface area contributed by atoms with Crippen LogP contribution < -0.4 is 15.8 Å².